The van der Waals surface area contributed by atoms with Crippen LogP contribution in [-0.4, -0.2) is 53.6 Å². The Balaban J connectivity index is 1.57. The van der Waals surface area contributed by atoms with Crippen molar-refractivity contribution in [3.63, 3.8) is 0 Å². The predicted molar refractivity (Wildman–Crippen MR) is 114 cm³/mol. The number of anilines is 2. The van der Waals surface area contributed by atoms with Crippen molar-refractivity contribution >= 4 is 40.4 Å². The van der Waals surface area contributed by atoms with Gasteiger partial charge in [-0.2, -0.15) is 0 Å². The van der Waals surface area contributed by atoms with Gasteiger partial charge in [0.2, 0.25) is 0 Å². The number of rotatable bonds is 4. The van der Waals surface area contributed by atoms with E-state index < -0.39 is 11.9 Å². The molecule has 160 valence electrons. The second-order valence-corrected chi connectivity index (χ2v) is 7.89. The van der Waals surface area contributed by atoms with Crippen molar-refractivity contribution in [2.75, 3.05) is 36.6 Å². The minimum atomic E-state index is -0.435. The molecular weight excluding hydrogens is 425 g/mol. The zero-order valence-corrected chi connectivity index (χ0v) is 17.4. The Hall–Kier alpha value is -3.04. The first kappa shape index (κ1) is 19.9. The van der Waals surface area contributed by atoms with Crippen LogP contribution in [0.15, 0.2) is 24.3 Å². The first-order valence-electron chi connectivity index (χ1n) is 9.90. The highest BCUT2D eigenvalue weighted by Gasteiger charge is 2.33. The molecule has 10 heteroatoms. The maximum atomic E-state index is 14.4. The van der Waals surface area contributed by atoms with E-state index in [1.807, 2.05) is 6.92 Å². The Morgan fingerprint density at radius 1 is 1.29 bits per heavy atom. The Morgan fingerprint density at radius 3 is 3.00 bits per heavy atom. The van der Waals surface area contributed by atoms with Gasteiger partial charge in [0, 0.05) is 18.2 Å². The van der Waals surface area contributed by atoms with Gasteiger partial charge < -0.3 is 19.7 Å². The van der Waals surface area contributed by atoms with Crippen LogP contribution in [0.4, 0.5) is 15.9 Å². The predicted octanol–water partition coefficient (Wildman–Crippen LogP) is 3.40. The van der Waals surface area contributed by atoms with Crippen LogP contribution in [0.25, 0.3) is 11.0 Å². The van der Waals surface area contributed by atoms with Gasteiger partial charge in [-0.3, -0.25) is 4.79 Å². The van der Waals surface area contributed by atoms with Gasteiger partial charge >= 0.3 is 0 Å². The number of nitrogens with one attached hydrogen (secondary N) is 1. The molecule has 0 spiro atoms. The normalized spacial score (nSPS) is 18.7. The topological polar surface area (TPSA) is 89.5 Å². The molecule has 5 rings (SSSR count). The van der Waals surface area contributed by atoms with E-state index in [9.17, 15) is 9.18 Å². The quantitative estimate of drug-likeness (QED) is 0.484. The number of morpholine rings is 1. The molecule has 0 radical (unpaired) electrons. The molecule has 31 heavy (non-hydrogen) atoms. The van der Waals surface area contributed by atoms with Gasteiger partial charge in [0.05, 0.1) is 42.0 Å². The number of aldehydes is 1. The lowest BCUT2D eigenvalue weighted by molar-refractivity contribution is 0.0686. The van der Waals surface area contributed by atoms with E-state index in [2.05, 4.69) is 20.2 Å². The van der Waals surface area contributed by atoms with E-state index in [-0.39, 0.29) is 16.9 Å². The zero-order valence-electron chi connectivity index (χ0n) is 16.6. The lowest BCUT2D eigenvalue weighted by atomic mass is 10.0. The van der Waals surface area contributed by atoms with E-state index in [1.54, 1.807) is 12.1 Å². The first-order valence-corrected chi connectivity index (χ1v) is 10.3. The molecule has 1 N–H and O–H groups in total. The van der Waals surface area contributed by atoms with Crippen molar-refractivity contribution in [3.05, 3.63) is 46.5 Å². The molecule has 2 aromatic heterocycles. The fourth-order valence-corrected chi connectivity index (χ4v) is 4.11. The number of aromatic nitrogens is 3. The lowest BCUT2D eigenvalue weighted by Crippen LogP contribution is -2.51. The highest BCUT2D eigenvalue weighted by Crippen LogP contribution is 2.36. The summed E-state index contributed by atoms with van der Waals surface area (Å²) in [7, 11) is 0. The zero-order chi connectivity index (χ0) is 21.5. The molecule has 0 aliphatic carbocycles. The molecule has 3 aromatic rings. The largest absolute Gasteiger partial charge is 0.473 e. The maximum absolute atomic E-state index is 14.4. The summed E-state index contributed by atoms with van der Waals surface area (Å²) in [4.78, 5) is 26.9. The monoisotopic (exact) mass is 443 g/mol. The number of carbonyl (C=O) groups is 1. The summed E-state index contributed by atoms with van der Waals surface area (Å²) >= 11 is 5.88. The third-order valence-corrected chi connectivity index (χ3v) is 5.68. The van der Waals surface area contributed by atoms with Crippen molar-refractivity contribution in [3.8, 4) is 5.88 Å². The summed E-state index contributed by atoms with van der Waals surface area (Å²) in [5.74, 6) is 0.595. The molecule has 1 saturated heterocycles. The Kier molecular flexibility index (Phi) is 5.07. The van der Waals surface area contributed by atoms with E-state index >= 15 is 0 Å². The fourth-order valence-electron chi connectivity index (χ4n) is 3.96. The summed E-state index contributed by atoms with van der Waals surface area (Å²) in [5.41, 5.74) is 2.23. The maximum Gasteiger partial charge on any atom is 0.258 e. The summed E-state index contributed by atoms with van der Waals surface area (Å²) in [6.07, 6.45) is 0.622. The fraction of sp³-hybridized carbons (Fsp3) is 0.333. The molecule has 0 unspecified atom stereocenters. The van der Waals surface area contributed by atoms with Crippen molar-refractivity contribution in [2.24, 2.45) is 0 Å². The Morgan fingerprint density at radius 2 is 2.16 bits per heavy atom. The molecule has 0 amide bonds. The van der Waals surface area contributed by atoms with E-state index in [4.69, 9.17) is 26.1 Å². The van der Waals surface area contributed by atoms with E-state index in [1.165, 1.54) is 12.1 Å². The molecule has 2 aliphatic rings. The molecule has 2 aliphatic heterocycles. The van der Waals surface area contributed by atoms with Crippen molar-refractivity contribution in [1.29, 1.82) is 0 Å². The van der Waals surface area contributed by atoms with Crippen LogP contribution in [0.1, 0.15) is 29.0 Å². The first-order chi connectivity index (χ1) is 15.0. The minimum absolute atomic E-state index is 0.0720. The molecular formula is C21H19ClFN5O3. The number of hydrogen-bond acceptors (Lipinski definition) is 8. The highest BCUT2D eigenvalue weighted by atomic mass is 35.5. The van der Waals surface area contributed by atoms with Crippen molar-refractivity contribution < 1.29 is 18.7 Å². The van der Waals surface area contributed by atoms with Gasteiger partial charge in [-0.15, -0.1) is 0 Å². The second kappa shape index (κ2) is 7.90. The SMILES string of the molecule is C[C@@H](Nc1ccc(Cl)nc1C=O)c1cc(F)cc2nc3c(nc12)N1CCOC[C@H]1CO3. The minimum Gasteiger partial charge on any atom is -0.473 e. The van der Waals surface area contributed by atoms with E-state index in [0.29, 0.717) is 66.6 Å². The van der Waals surface area contributed by atoms with Gasteiger partial charge in [-0.05, 0) is 25.1 Å². The van der Waals surface area contributed by atoms with Crippen LogP contribution < -0.4 is 15.0 Å². The summed E-state index contributed by atoms with van der Waals surface area (Å²) in [6.45, 7) is 4.15. The van der Waals surface area contributed by atoms with Gasteiger partial charge in [-0.1, -0.05) is 11.6 Å². The van der Waals surface area contributed by atoms with Gasteiger partial charge in [0.25, 0.3) is 5.88 Å². The number of halogens is 2. The van der Waals surface area contributed by atoms with Crippen molar-refractivity contribution in [1.82, 2.24) is 15.0 Å². The second-order valence-electron chi connectivity index (χ2n) is 7.50. The van der Waals surface area contributed by atoms with Crippen LogP contribution in [-0.2, 0) is 4.74 Å². The van der Waals surface area contributed by atoms with Crippen molar-refractivity contribution in [2.45, 2.75) is 19.0 Å². The van der Waals surface area contributed by atoms with Gasteiger partial charge in [0.1, 0.15) is 23.3 Å². The number of fused-ring (bicyclic) bond motifs is 4. The number of pyridine rings is 1. The molecule has 1 aromatic carbocycles. The molecule has 2 atom stereocenters. The summed E-state index contributed by atoms with van der Waals surface area (Å²) < 4.78 is 25.8. The molecule has 4 heterocycles. The summed E-state index contributed by atoms with van der Waals surface area (Å²) in [6, 6.07) is 5.69. The van der Waals surface area contributed by atoms with Crippen LogP contribution in [0.5, 0.6) is 5.88 Å². The molecule has 8 nitrogen and oxygen atoms in total. The average Bonchev–Trinajstić information content (AvgIpc) is 2.78. The van der Waals surface area contributed by atoms with Crippen LogP contribution >= 0.6 is 11.6 Å². The molecule has 0 bridgehead atoms. The van der Waals surface area contributed by atoms with Gasteiger partial charge in [-0.25, -0.2) is 19.3 Å². The number of ether oxygens (including phenoxy) is 2. The number of hydrogen-bond donors (Lipinski definition) is 1. The third-order valence-electron chi connectivity index (χ3n) is 5.47. The smallest absolute Gasteiger partial charge is 0.258 e. The Labute approximate surface area is 182 Å². The van der Waals surface area contributed by atoms with Crippen LogP contribution in [0, 0.1) is 5.82 Å². The number of nitrogens with zero attached hydrogens (tertiary/aromatic N) is 4. The average molecular weight is 444 g/mol. The standard InChI is InChI=1S/C21H19ClFN5O3/c1-11(24-15-2-3-18(22)25-17(15)8-29)14-6-12(23)7-16-19(14)27-20-21(26-16)31-10-13-9-30-5-4-28(13)20/h2-3,6-8,11,13,24H,4-5,9-10H2,1H3/t11-,13+/m1/s1. The highest BCUT2D eigenvalue weighted by molar-refractivity contribution is 6.29. The lowest BCUT2D eigenvalue weighted by Gasteiger charge is -2.39. The number of carbonyl (C=O) groups excluding carboxylic acids is 1. The van der Waals surface area contributed by atoms with Crippen LogP contribution in [0.2, 0.25) is 5.15 Å². The van der Waals surface area contributed by atoms with E-state index in [0.717, 1.165) is 0 Å². The summed E-state index contributed by atoms with van der Waals surface area (Å²) in [5, 5.41) is 3.43. The van der Waals surface area contributed by atoms with Gasteiger partial charge in [0.15, 0.2) is 12.1 Å². The Bertz CT molecular complexity index is 1180. The molecule has 0 saturated carbocycles. The van der Waals surface area contributed by atoms with Crippen LogP contribution in [0.3, 0.4) is 0 Å². The third kappa shape index (κ3) is 3.64. The number of benzene rings is 1. The molecule has 1 fully saturated rings.